The maximum absolute atomic E-state index is 2.66. The van der Waals surface area contributed by atoms with Crippen LogP contribution in [0.2, 0.25) is 0 Å². The SMILES string of the molecule is CC1(C)c2ccccc2-c2c(-c3ccccc3-c3ccccc3)cc(N(c3ccc(C4CC5CCC4C5)cc3)c3cc4ccccc4cc3C3CCCCC3)cc21. The lowest BCUT2D eigenvalue weighted by Crippen LogP contribution is -2.18. The van der Waals surface area contributed by atoms with Crippen LogP contribution >= 0.6 is 0 Å². The van der Waals surface area contributed by atoms with Gasteiger partial charge in [0.2, 0.25) is 0 Å². The van der Waals surface area contributed by atoms with E-state index in [4.69, 9.17) is 0 Å². The average Bonchev–Trinajstić information content (AvgIpc) is 3.97. The highest BCUT2D eigenvalue weighted by Crippen LogP contribution is 2.57. The van der Waals surface area contributed by atoms with Gasteiger partial charge >= 0.3 is 0 Å². The Bertz CT molecular complexity index is 2610. The van der Waals surface area contributed by atoms with Gasteiger partial charge in [-0.2, -0.15) is 0 Å². The summed E-state index contributed by atoms with van der Waals surface area (Å²) in [7, 11) is 0. The van der Waals surface area contributed by atoms with Crippen molar-refractivity contribution in [2.45, 2.75) is 88.9 Å². The zero-order valence-corrected chi connectivity index (χ0v) is 33.6. The van der Waals surface area contributed by atoms with Crippen LogP contribution in [0.4, 0.5) is 17.1 Å². The van der Waals surface area contributed by atoms with Gasteiger partial charge in [0.25, 0.3) is 0 Å². The predicted octanol–water partition coefficient (Wildman–Crippen LogP) is 15.9. The molecule has 0 spiro atoms. The van der Waals surface area contributed by atoms with Crippen molar-refractivity contribution in [2.75, 3.05) is 4.90 Å². The van der Waals surface area contributed by atoms with E-state index >= 15 is 0 Å². The molecule has 57 heavy (non-hydrogen) atoms. The van der Waals surface area contributed by atoms with Crippen LogP contribution in [-0.4, -0.2) is 0 Å². The lowest BCUT2D eigenvalue weighted by molar-refractivity contribution is 0.420. The number of benzene rings is 7. The molecule has 0 heterocycles. The van der Waals surface area contributed by atoms with E-state index in [1.165, 1.54) is 136 Å². The monoisotopic (exact) mass is 739 g/mol. The summed E-state index contributed by atoms with van der Waals surface area (Å²) < 4.78 is 0. The molecule has 2 bridgehead atoms. The Kier molecular flexibility index (Phi) is 8.50. The molecule has 1 heteroatoms. The van der Waals surface area contributed by atoms with Crippen molar-refractivity contribution in [1.82, 2.24) is 0 Å². The summed E-state index contributed by atoms with van der Waals surface area (Å²) in [6.45, 7) is 4.87. The molecule has 7 aromatic carbocycles. The summed E-state index contributed by atoms with van der Waals surface area (Å²) in [5.41, 5.74) is 17.4. The molecule has 11 rings (SSSR count). The molecular formula is C56H53N. The van der Waals surface area contributed by atoms with Gasteiger partial charge in [0.15, 0.2) is 0 Å². The molecule has 0 saturated heterocycles. The first-order valence-corrected chi connectivity index (χ1v) is 21.9. The van der Waals surface area contributed by atoms with Crippen molar-refractivity contribution in [1.29, 1.82) is 0 Å². The molecule has 3 saturated carbocycles. The fourth-order valence-electron chi connectivity index (χ4n) is 11.9. The van der Waals surface area contributed by atoms with Gasteiger partial charge in [0.05, 0.1) is 5.69 Å². The summed E-state index contributed by atoms with van der Waals surface area (Å²) in [6, 6.07) is 58.4. The molecule has 0 N–H and O–H groups in total. The van der Waals surface area contributed by atoms with Gasteiger partial charge in [-0.05, 0) is 159 Å². The van der Waals surface area contributed by atoms with E-state index in [1.807, 2.05) is 0 Å². The largest absolute Gasteiger partial charge is 0.310 e. The average molecular weight is 740 g/mol. The maximum atomic E-state index is 2.66. The Morgan fingerprint density at radius 1 is 0.509 bits per heavy atom. The molecule has 282 valence electrons. The van der Waals surface area contributed by atoms with Gasteiger partial charge in [-0.1, -0.05) is 155 Å². The summed E-state index contributed by atoms with van der Waals surface area (Å²) in [6.07, 6.45) is 12.1. The summed E-state index contributed by atoms with van der Waals surface area (Å²) >= 11 is 0. The van der Waals surface area contributed by atoms with E-state index in [1.54, 1.807) is 5.56 Å². The number of rotatable bonds is 7. The van der Waals surface area contributed by atoms with Crippen molar-refractivity contribution in [3.05, 3.63) is 174 Å². The number of nitrogens with zero attached hydrogens (tertiary/aromatic N) is 1. The normalized spacial score (nSPS) is 20.8. The van der Waals surface area contributed by atoms with Crippen molar-refractivity contribution in [2.24, 2.45) is 11.8 Å². The molecule has 0 amide bonds. The first-order chi connectivity index (χ1) is 28.0. The lowest BCUT2D eigenvalue weighted by atomic mass is 9.80. The first-order valence-electron chi connectivity index (χ1n) is 21.9. The van der Waals surface area contributed by atoms with Gasteiger partial charge < -0.3 is 4.90 Å². The highest BCUT2D eigenvalue weighted by Gasteiger charge is 2.41. The van der Waals surface area contributed by atoms with Gasteiger partial charge in [0, 0.05) is 16.8 Å². The fraction of sp³-hybridized carbons (Fsp3) is 0.286. The molecule has 4 aliphatic carbocycles. The van der Waals surface area contributed by atoms with E-state index in [-0.39, 0.29) is 5.41 Å². The third-order valence-corrected chi connectivity index (χ3v) is 14.7. The molecule has 0 aliphatic heterocycles. The Morgan fingerprint density at radius 3 is 1.93 bits per heavy atom. The van der Waals surface area contributed by atoms with Crippen molar-refractivity contribution >= 4 is 27.8 Å². The standard InChI is InChI=1S/C56H53N/c1-56(2)52-24-14-13-23-48(52)55-51(47-22-12-11-21-46(47)38-15-5-3-6-16-38)35-45(36-53(55)56)57(44-29-27-40(28-30-44)49-32-37-25-26-43(49)31-37)54-34-42-20-10-9-19-41(42)33-50(54)39-17-7-4-8-18-39/h3,5-6,9-16,19-24,27-30,33-37,39,43,49H,4,7-8,17-18,25-26,31-32H2,1-2H3. The number of hydrogen-bond acceptors (Lipinski definition) is 1. The Morgan fingerprint density at radius 2 is 1.19 bits per heavy atom. The van der Waals surface area contributed by atoms with Crippen LogP contribution in [-0.2, 0) is 5.41 Å². The van der Waals surface area contributed by atoms with Crippen molar-refractivity contribution in [3.63, 3.8) is 0 Å². The molecule has 7 aromatic rings. The van der Waals surface area contributed by atoms with Gasteiger partial charge in [-0.15, -0.1) is 0 Å². The third kappa shape index (κ3) is 5.88. The van der Waals surface area contributed by atoms with Crippen LogP contribution in [0.3, 0.4) is 0 Å². The zero-order valence-electron chi connectivity index (χ0n) is 33.6. The molecule has 3 atom stereocenters. The molecule has 4 aliphatic rings. The summed E-state index contributed by atoms with van der Waals surface area (Å²) in [5.74, 6) is 3.05. The minimum absolute atomic E-state index is 0.161. The van der Waals surface area contributed by atoms with Gasteiger partial charge in [0.1, 0.15) is 0 Å². The van der Waals surface area contributed by atoms with Crippen LogP contribution in [0.1, 0.15) is 106 Å². The summed E-state index contributed by atoms with van der Waals surface area (Å²) in [4.78, 5) is 2.66. The third-order valence-electron chi connectivity index (χ3n) is 14.7. The Hall–Kier alpha value is -5.40. The number of anilines is 3. The maximum Gasteiger partial charge on any atom is 0.0502 e. The molecular weight excluding hydrogens is 687 g/mol. The van der Waals surface area contributed by atoms with E-state index in [2.05, 4.69) is 170 Å². The molecule has 3 unspecified atom stereocenters. The zero-order chi connectivity index (χ0) is 38.1. The Labute approximate surface area is 339 Å². The van der Waals surface area contributed by atoms with Crippen LogP contribution < -0.4 is 4.90 Å². The topological polar surface area (TPSA) is 3.24 Å². The van der Waals surface area contributed by atoms with Crippen LogP contribution in [0.5, 0.6) is 0 Å². The highest BCUT2D eigenvalue weighted by atomic mass is 15.1. The molecule has 1 nitrogen and oxygen atoms in total. The smallest absolute Gasteiger partial charge is 0.0502 e. The van der Waals surface area contributed by atoms with Gasteiger partial charge in [-0.25, -0.2) is 0 Å². The number of hydrogen-bond donors (Lipinski definition) is 0. The van der Waals surface area contributed by atoms with Crippen LogP contribution in [0, 0.1) is 11.8 Å². The second-order valence-corrected chi connectivity index (χ2v) is 18.3. The quantitative estimate of drug-likeness (QED) is 0.157. The van der Waals surface area contributed by atoms with E-state index in [0.29, 0.717) is 11.8 Å². The molecule has 0 radical (unpaired) electrons. The van der Waals surface area contributed by atoms with Crippen molar-refractivity contribution < 1.29 is 0 Å². The predicted molar refractivity (Wildman–Crippen MR) is 241 cm³/mol. The minimum atomic E-state index is -0.161. The second-order valence-electron chi connectivity index (χ2n) is 18.3. The van der Waals surface area contributed by atoms with E-state index < -0.39 is 0 Å². The molecule has 3 fully saturated rings. The van der Waals surface area contributed by atoms with Crippen LogP contribution in [0.25, 0.3) is 44.2 Å². The minimum Gasteiger partial charge on any atom is -0.310 e. The highest BCUT2D eigenvalue weighted by molar-refractivity contribution is 6.00. The first kappa shape index (κ1) is 34.8. The van der Waals surface area contributed by atoms with Crippen molar-refractivity contribution in [3.8, 4) is 33.4 Å². The Balaban J connectivity index is 1.18. The van der Waals surface area contributed by atoms with Crippen LogP contribution in [0.15, 0.2) is 152 Å². The number of fused-ring (bicyclic) bond motifs is 6. The second kappa shape index (κ2) is 13.9. The van der Waals surface area contributed by atoms with Gasteiger partial charge in [-0.3, -0.25) is 0 Å². The lowest BCUT2D eigenvalue weighted by Gasteiger charge is -2.34. The summed E-state index contributed by atoms with van der Waals surface area (Å²) in [5, 5.41) is 2.65. The molecule has 0 aromatic heterocycles. The van der Waals surface area contributed by atoms with E-state index in [9.17, 15) is 0 Å². The fourth-order valence-corrected chi connectivity index (χ4v) is 11.9. The van der Waals surface area contributed by atoms with E-state index in [0.717, 1.165) is 11.8 Å².